The number of nitrogens with zero attached hydrogens (tertiary/aromatic N) is 8. The van der Waals surface area contributed by atoms with Gasteiger partial charge in [0.05, 0.1) is 0 Å². The largest absolute Gasteiger partial charge is 0.481 e. The Morgan fingerprint density at radius 2 is 0.603 bits per heavy atom. The van der Waals surface area contributed by atoms with E-state index in [-0.39, 0.29) is 19.5 Å². The van der Waals surface area contributed by atoms with Gasteiger partial charge in [-0.15, -0.1) is 0 Å². The van der Waals surface area contributed by atoms with Crippen LogP contribution in [0, 0.1) is 0 Å². The number of carboxylic acids is 1. The fourth-order valence-electron chi connectivity index (χ4n) is 8.79. The van der Waals surface area contributed by atoms with Crippen LogP contribution in [0.2, 0.25) is 0 Å². The number of amides is 5. The van der Waals surface area contributed by atoms with Gasteiger partial charge in [-0.3, -0.25) is 14.6 Å². The number of ether oxygens (including phenoxy) is 5. The summed E-state index contributed by atoms with van der Waals surface area (Å²) >= 11 is 0. The van der Waals surface area contributed by atoms with Crippen LogP contribution in [0.25, 0.3) is 0 Å². The topological polar surface area (TPSA) is 195 Å². The smallest absolute Gasteiger partial charge is 0.410 e. The second kappa shape index (κ2) is 31.1. The molecule has 2 aliphatic rings. The molecule has 0 aliphatic carbocycles. The predicted octanol–water partition coefficient (Wildman–Crippen LogP) is 9.62. The Labute approximate surface area is 468 Å². The molecule has 0 bridgehead atoms. The van der Waals surface area contributed by atoms with E-state index in [1.54, 1.807) is 24.5 Å². The maximum Gasteiger partial charge on any atom is 0.410 e. The molecule has 2 aliphatic heterocycles. The SMILES string of the molecule is CC(C)(C)OC(=O)N1CCCN(C(=O)OC(C)(C)C)CCN(Cc2ccc(CN3CCCN(C(=O)OC(C)(C)C)CCN(C(=O)OC(C)(C)C)CCCN(C(=O)OC(C)(C)C)CC3)cc2)CCCN(CCCCC(=O)O)CC1. The van der Waals surface area contributed by atoms with Crippen molar-refractivity contribution in [2.45, 2.75) is 190 Å². The van der Waals surface area contributed by atoms with Crippen LogP contribution in [0.15, 0.2) is 24.3 Å². The predicted molar refractivity (Wildman–Crippen MR) is 302 cm³/mol. The molecule has 2 heterocycles. The molecule has 20 heteroatoms. The van der Waals surface area contributed by atoms with Crippen molar-refractivity contribution in [1.82, 2.24) is 39.2 Å². The molecule has 78 heavy (non-hydrogen) atoms. The summed E-state index contributed by atoms with van der Waals surface area (Å²) in [7, 11) is 0. The molecule has 0 radical (unpaired) electrons. The minimum atomic E-state index is -0.813. The number of hydrogen-bond acceptors (Lipinski definition) is 14. The third kappa shape index (κ3) is 29.2. The highest BCUT2D eigenvalue weighted by molar-refractivity contribution is 5.70. The molecule has 446 valence electrons. The van der Waals surface area contributed by atoms with Crippen LogP contribution in [0.3, 0.4) is 0 Å². The summed E-state index contributed by atoms with van der Waals surface area (Å²) in [6.45, 7) is 36.8. The molecule has 2 fully saturated rings. The second-order valence-electron chi connectivity index (χ2n) is 25.8. The van der Waals surface area contributed by atoms with E-state index < -0.39 is 64.4 Å². The molecule has 0 saturated carbocycles. The molecule has 5 amide bonds. The highest BCUT2D eigenvalue weighted by Crippen LogP contribution is 2.19. The van der Waals surface area contributed by atoms with Gasteiger partial charge in [-0.1, -0.05) is 24.3 Å². The quantitative estimate of drug-likeness (QED) is 0.181. The second-order valence-corrected chi connectivity index (χ2v) is 25.8. The molecule has 1 aromatic rings. The molecule has 20 nitrogen and oxygen atoms in total. The van der Waals surface area contributed by atoms with E-state index in [9.17, 15) is 33.9 Å². The Balaban J connectivity index is 1.90. The standard InChI is InChI=1S/C58H102N8O12/c1-54(2,3)74-49(69)62-32-20-33-63(50(70)75-55(4,5)6)40-37-60(29-18-28-59(36-39-62)27-17-16-22-48(67)68)44-46-23-25-47(26-24-46)45-61-30-19-31-65(52(72)77-57(10,11)12)42-43-66(53(73)78-58(13,14)15)35-21-34-64(41-38-61)51(71)76-56(7,8)9/h23-26H,16-22,27-45H2,1-15H3,(H,67,68). The van der Waals surface area contributed by atoms with Crippen molar-refractivity contribution in [3.8, 4) is 0 Å². The number of benzene rings is 1. The summed E-state index contributed by atoms with van der Waals surface area (Å²) in [6, 6.07) is 8.56. The summed E-state index contributed by atoms with van der Waals surface area (Å²) in [5, 5.41) is 9.30. The zero-order valence-corrected chi connectivity index (χ0v) is 50.7. The van der Waals surface area contributed by atoms with Crippen molar-refractivity contribution in [3.63, 3.8) is 0 Å². The maximum atomic E-state index is 13.7. The molecule has 0 unspecified atom stereocenters. The van der Waals surface area contributed by atoms with E-state index in [0.717, 1.165) is 37.1 Å². The summed E-state index contributed by atoms with van der Waals surface area (Å²) < 4.78 is 29.2. The summed E-state index contributed by atoms with van der Waals surface area (Å²) in [5.74, 6) is -0.813. The molecule has 3 rings (SSSR count). The lowest BCUT2D eigenvalue weighted by Crippen LogP contribution is -2.47. The first-order valence-corrected chi connectivity index (χ1v) is 28.5. The third-order valence-corrected chi connectivity index (χ3v) is 12.5. The molecule has 2 saturated heterocycles. The number of carbonyl (C=O) groups excluding carboxylic acids is 5. The van der Waals surface area contributed by atoms with Gasteiger partial charge in [-0.2, -0.15) is 0 Å². The highest BCUT2D eigenvalue weighted by Gasteiger charge is 2.30. The molecular weight excluding hydrogens is 1000 g/mol. The molecular formula is C58H102N8O12. The fraction of sp³-hybridized carbons (Fsp3) is 0.793. The van der Waals surface area contributed by atoms with Gasteiger partial charge in [0.1, 0.15) is 28.0 Å². The van der Waals surface area contributed by atoms with Crippen molar-refractivity contribution in [3.05, 3.63) is 35.4 Å². The van der Waals surface area contributed by atoms with Crippen LogP contribution in [-0.2, 0) is 41.6 Å². The Morgan fingerprint density at radius 3 is 0.885 bits per heavy atom. The van der Waals surface area contributed by atoms with Crippen molar-refractivity contribution in [2.24, 2.45) is 0 Å². The summed E-state index contributed by atoms with van der Waals surface area (Å²) in [4.78, 5) is 94.8. The van der Waals surface area contributed by atoms with E-state index in [1.807, 2.05) is 104 Å². The highest BCUT2D eigenvalue weighted by atomic mass is 16.6. The normalized spacial score (nSPS) is 18.1. The number of carbonyl (C=O) groups is 6. The Morgan fingerprint density at radius 1 is 0.359 bits per heavy atom. The molecule has 1 N–H and O–H groups in total. The first-order valence-electron chi connectivity index (χ1n) is 28.5. The van der Waals surface area contributed by atoms with Gasteiger partial charge in [-0.05, 0) is 173 Å². The number of hydrogen-bond donors (Lipinski definition) is 1. The Bertz CT molecular complexity index is 2020. The Kier molecular flexibility index (Phi) is 26.8. The number of rotatable bonds is 9. The van der Waals surface area contributed by atoms with E-state index in [1.165, 1.54) is 0 Å². The monoisotopic (exact) mass is 1100 g/mol. The fourth-order valence-corrected chi connectivity index (χ4v) is 8.79. The van der Waals surface area contributed by atoms with Crippen molar-refractivity contribution in [1.29, 1.82) is 0 Å². The van der Waals surface area contributed by atoms with Gasteiger partial charge in [0, 0.05) is 111 Å². The van der Waals surface area contributed by atoms with Crippen LogP contribution in [0.5, 0.6) is 0 Å². The van der Waals surface area contributed by atoms with Gasteiger partial charge in [0.2, 0.25) is 0 Å². The van der Waals surface area contributed by atoms with Crippen molar-refractivity contribution in [2.75, 3.05) is 111 Å². The zero-order chi connectivity index (χ0) is 58.5. The van der Waals surface area contributed by atoms with Crippen LogP contribution in [-0.4, -0.2) is 220 Å². The minimum Gasteiger partial charge on any atom is -0.481 e. The third-order valence-electron chi connectivity index (χ3n) is 12.5. The lowest BCUT2D eigenvalue weighted by molar-refractivity contribution is -0.137. The Hall–Kier alpha value is -5.08. The van der Waals surface area contributed by atoms with Crippen LogP contribution in [0.1, 0.15) is 160 Å². The minimum absolute atomic E-state index is 0.108. The lowest BCUT2D eigenvalue weighted by atomic mass is 10.1. The van der Waals surface area contributed by atoms with Crippen LogP contribution >= 0.6 is 0 Å². The van der Waals surface area contributed by atoms with Gasteiger partial charge in [-0.25, -0.2) is 24.0 Å². The number of carboxylic acid groups (broad SMARTS) is 1. The zero-order valence-electron chi connectivity index (χ0n) is 50.7. The average Bonchev–Trinajstić information content (AvgIpc) is 3.27. The van der Waals surface area contributed by atoms with Crippen LogP contribution < -0.4 is 0 Å². The van der Waals surface area contributed by atoms with Gasteiger partial charge in [0.15, 0.2) is 0 Å². The van der Waals surface area contributed by atoms with E-state index in [2.05, 4.69) is 39.0 Å². The van der Waals surface area contributed by atoms with Crippen molar-refractivity contribution >= 4 is 36.4 Å². The van der Waals surface area contributed by atoms with Gasteiger partial charge < -0.3 is 58.2 Å². The van der Waals surface area contributed by atoms with E-state index >= 15 is 0 Å². The summed E-state index contributed by atoms with van der Waals surface area (Å²) in [6.07, 6.45) is 1.62. The van der Waals surface area contributed by atoms with Gasteiger partial charge in [0.25, 0.3) is 0 Å². The number of aliphatic carboxylic acids is 1. The first kappa shape index (κ1) is 67.2. The molecule has 0 aromatic heterocycles. The summed E-state index contributed by atoms with van der Waals surface area (Å²) in [5.41, 5.74) is -1.33. The maximum absolute atomic E-state index is 13.7. The lowest BCUT2D eigenvalue weighted by Gasteiger charge is -2.34. The average molecular weight is 1100 g/mol. The van der Waals surface area contributed by atoms with E-state index in [0.29, 0.717) is 124 Å². The number of unbranched alkanes of at least 4 members (excludes halogenated alkanes) is 1. The van der Waals surface area contributed by atoms with Crippen LogP contribution in [0.4, 0.5) is 24.0 Å². The molecule has 0 spiro atoms. The molecule has 0 atom stereocenters. The molecule has 1 aromatic carbocycles. The first-order chi connectivity index (χ1) is 36.1. The van der Waals surface area contributed by atoms with E-state index in [4.69, 9.17) is 23.7 Å². The van der Waals surface area contributed by atoms with Crippen molar-refractivity contribution < 1.29 is 57.6 Å². The van der Waals surface area contributed by atoms with Gasteiger partial charge >= 0.3 is 36.4 Å².